The van der Waals surface area contributed by atoms with Crippen LogP contribution < -0.4 is 0 Å². The molecule has 0 aliphatic carbocycles. The van der Waals surface area contributed by atoms with E-state index in [1.807, 2.05) is 48.5 Å². The maximum atomic E-state index is 12.9. The molecule has 0 aliphatic heterocycles. The molecule has 0 heterocycles. The second-order valence-electron chi connectivity index (χ2n) is 5.56. The summed E-state index contributed by atoms with van der Waals surface area (Å²) in [4.78, 5) is 17.3. The largest absolute Gasteiger partial charge is 0.506 e. The fourth-order valence-corrected chi connectivity index (χ4v) is 2.75. The molecule has 0 saturated carbocycles. The highest BCUT2D eigenvalue weighted by Crippen LogP contribution is 2.20. The molecule has 4 heteroatoms. The summed E-state index contributed by atoms with van der Waals surface area (Å²) in [6.45, 7) is 0. The number of carbonyl (C=O) groups is 1. The fourth-order valence-electron chi connectivity index (χ4n) is 2.39. The summed E-state index contributed by atoms with van der Waals surface area (Å²) < 4.78 is 1.10. The molecular weight excluding hydrogens is 437 g/mol. The zero-order valence-corrected chi connectivity index (χ0v) is 16.0. The number of aliphatic hydroxyl groups excluding tert-OH is 1. The molecule has 0 fully saturated rings. The number of hydrogen-bond donors (Lipinski definition) is 1. The van der Waals surface area contributed by atoms with Gasteiger partial charge in [-0.1, -0.05) is 60.7 Å². The Hall–Kier alpha value is -2.73. The number of carbonyl (C=O) groups excluding carboxylic acids is 1. The normalized spacial score (nSPS) is 12.0. The predicted molar refractivity (Wildman–Crippen MR) is 114 cm³/mol. The van der Waals surface area contributed by atoms with Crippen LogP contribution in [0.15, 0.2) is 95.5 Å². The van der Waals surface area contributed by atoms with Gasteiger partial charge in [-0.05, 0) is 46.9 Å². The van der Waals surface area contributed by atoms with Crippen molar-refractivity contribution in [3.63, 3.8) is 0 Å². The van der Waals surface area contributed by atoms with Crippen molar-refractivity contribution in [3.8, 4) is 0 Å². The maximum Gasteiger partial charge on any atom is 0.198 e. The van der Waals surface area contributed by atoms with Crippen molar-refractivity contribution < 1.29 is 9.90 Å². The molecule has 0 saturated heterocycles. The van der Waals surface area contributed by atoms with Crippen molar-refractivity contribution in [2.45, 2.75) is 0 Å². The van der Waals surface area contributed by atoms with Gasteiger partial charge in [0.25, 0.3) is 0 Å². The molecule has 0 bridgehead atoms. The monoisotopic (exact) mass is 453 g/mol. The van der Waals surface area contributed by atoms with Crippen molar-refractivity contribution in [2.75, 3.05) is 0 Å². The first-order valence-electron chi connectivity index (χ1n) is 8.03. The number of benzene rings is 3. The molecule has 0 unspecified atom stereocenters. The average molecular weight is 453 g/mol. The summed E-state index contributed by atoms with van der Waals surface area (Å²) in [6.07, 6.45) is 1.43. The summed E-state index contributed by atoms with van der Waals surface area (Å²) in [5, 5.41) is 10.7. The van der Waals surface area contributed by atoms with Crippen molar-refractivity contribution in [3.05, 3.63) is 105 Å². The Morgan fingerprint density at radius 3 is 1.92 bits per heavy atom. The summed E-state index contributed by atoms with van der Waals surface area (Å²) >= 11 is 2.22. The van der Waals surface area contributed by atoms with Gasteiger partial charge in [0.05, 0.1) is 11.3 Å². The maximum absolute atomic E-state index is 12.9. The summed E-state index contributed by atoms with van der Waals surface area (Å²) in [5.74, 6) is -0.366. The lowest BCUT2D eigenvalue weighted by Gasteiger charge is -2.07. The third kappa shape index (κ3) is 4.46. The molecular formula is C22H16INO2. The highest BCUT2D eigenvalue weighted by atomic mass is 127. The van der Waals surface area contributed by atoms with Gasteiger partial charge in [0, 0.05) is 20.9 Å². The Kier molecular flexibility index (Phi) is 5.96. The Labute approximate surface area is 165 Å². The summed E-state index contributed by atoms with van der Waals surface area (Å²) in [6, 6.07) is 25.5. The first kappa shape index (κ1) is 18.1. The number of ketones is 1. The average Bonchev–Trinajstić information content (AvgIpc) is 2.70. The number of nitrogens with zero attached hydrogens (tertiary/aromatic N) is 1. The van der Waals surface area contributed by atoms with Gasteiger partial charge in [-0.25, -0.2) is 0 Å². The molecule has 0 spiro atoms. The third-order valence-electron chi connectivity index (χ3n) is 3.75. The molecule has 3 aromatic rings. The second-order valence-corrected chi connectivity index (χ2v) is 6.80. The minimum Gasteiger partial charge on any atom is -0.506 e. The molecule has 3 rings (SSSR count). The van der Waals surface area contributed by atoms with Gasteiger partial charge in [-0.3, -0.25) is 9.79 Å². The molecule has 26 heavy (non-hydrogen) atoms. The number of hydrogen-bond acceptors (Lipinski definition) is 3. The Balaban J connectivity index is 2.04. The lowest BCUT2D eigenvalue weighted by Crippen LogP contribution is -2.08. The second kappa shape index (κ2) is 8.58. The van der Waals surface area contributed by atoms with Crippen LogP contribution in [0, 0.1) is 3.57 Å². The molecule has 0 radical (unpaired) electrons. The van der Waals surface area contributed by atoms with Crippen LogP contribution in [0.25, 0.3) is 5.76 Å². The molecule has 3 nitrogen and oxygen atoms in total. The highest BCUT2D eigenvalue weighted by Gasteiger charge is 2.16. The number of allylic oxidation sites excluding steroid dienone is 1. The van der Waals surface area contributed by atoms with Crippen LogP contribution in [0.5, 0.6) is 0 Å². The van der Waals surface area contributed by atoms with Gasteiger partial charge in [0.15, 0.2) is 5.78 Å². The number of aliphatic hydroxyl groups is 1. The molecule has 0 atom stereocenters. The lowest BCUT2D eigenvalue weighted by molar-refractivity contribution is 0.104. The van der Waals surface area contributed by atoms with E-state index in [1.54, 1.807) is 36.4 Å². The predicted octanol–water partition coefficient (Wildman–Crippen LogP) is 5.85. The standard InChI is InChI=1S/C22H16INO2/c23-18-11-13-19(14-12-18)24-15-20(21(25)16-7-3-1-4-8-16)22(26)17-9-5-2-6-10-17/h1-15,25H/b21-20-,24-15?. The van der Waals surface area contributed by atoms with Crippen LogP contribution >= 0.6 is 22.6 Å². The smallest absolute Gasteiger partial charge is 0.198 e. The third-order valence-corrected chi connectivity index (χ3v) is 4.47. The quantitative estimate of drug-likeness (QED) is 0.173. The van der Waals surface area contributed by atoms with Crippen molar-refractivity contribution in [1.29, 1.82) is 0 Å². The highest BCUT2D eigenvalue weighted by molar-refractivity contribution is 14.1. The summed E-state index contributed by atoms with van der Waals surface area (Å²) in [7, 11) is 0. The van der Waals surface area contributed by atoms with E-state index in [9.17, 15) is 9.90 Å². The number of halogens is 1. The van der Waals surface area contributed by atoms with E-state index in [1.165, 1.54) is 6.21 Å². The molecule has 0 aliphatic rings. The number of Topliss-reactive ketones (excluding diaryl/α,β-unsaturated/α-hetero) is 1. The van der Waals surface area contributed by atoms with Crippen LogP contribution in [0.3, 0.4) is 0 Å². The van der Waals surface area contributed by atoms with Gasteiger partial charge < -0.3 is 5.11 Å². The van der Waals surface area contributed by atoms with Crippen LogP contribution in [0.2, 0.25) is 0 Å². The van der Waals surface area contributed by atoms with Crippen molar-refractivity contribution in [2.24, 2.45) is 4.99 Å². The molecule has 1 N–H and O–H groups in total. The number of aliphatic imine (C=N–C) groups is 1. The topological polar surface area (TPSA) is 49.7 Å². The Morgan fingerprint density at radius 1 is 0.808 bits per heavy atom. The van der Waals surface area contributed by atoms with E-state index in [0.29, 0.717) is 16.8 Å². The van der Waals surface area contributed by atoms with Gasteiger partial charge in [-0.15, -0.1) is 0 Å². The van der Waals surface area contributed by atoms with Gasteiger partial charge in [-0.2, -0.15) is 0 Å². The Bertz CT molecular complexity index is 946. The van der Waals surface area contributed by atoms with E-state index in [-0.39, 0.29) is 17.1 Å². The minimum atomic E-state index is -0.277. The lowest BCUT2D eigenvalue weighted by atomic mass is 10.00. The molecule has 0 aromatic heterocycles. The Morgan fingerprint density at radius 2 is 1.35 bits per heavy atom. The van der Waals surface area contributed by atoms with E-state index in [4.69, 9.17) is 0 Å². The molecule has 3 aromatic carbocycles. The molecule has 0 amide bonds. The van der Waals surface area contributed by atoms with Crippen LogP contribution in [-0.2, 0) is 0 Å². The van der Waals surface area contributed by atoms with E-state index < -0.39 is 0 Å². The van der Waals surface area contributed by atoms with Crippen LogP contribution in [0.1, 0.15) is 15.9 Å². The van der Waals surface area contributed by atoms with E-state index >= 15 is 0 Å². The first-order chi connectivity index (χ1) is 12.6. The van der Waals surface area contributed by atoms with E-state index in [2.05, 4.69) is 27.6 Å². The first-order valence-corrected chi connectivity index (χ1v) is 9.11. The van der Waals surface area contributed by atoms with Crippen molar-refractivity contribution >= 4 is 46.0 Å². The SMILES string of the molecule is O=C(/C(C=Nc1ccc(I)cc1)=C(\O)c1ccccc1)c1ccccc1. The van der Waals surface area contributed by atoms with E-state index in [0.717, 1.165) is 3.57 Å². The zero-order valence-electron chi connectivity index (χ0n) is 13.8. The van der Waals surface area contributed by atoms with Gasteiger partial charge >= 0.3 is 0 Å². The molecule has 128 valence electrons. The van der Waals surface area contributed by atoms with Gasteiger partial charge in [0.1, 0.15) is 5.76 Å². The minimum absolute atomic E-state index is 0.0892. The zero-order chi connectivity index (χ0) is 18.4. The van der Waals surface area contributed by atoms with Gasteiger partial charge in [0.2, 0.25) is 0 Å². The van der Waals surface area contributed by atoms with Crippen LogP contribution in [-0.4, -0.2) is 17.1 Å². The van der Waals surface area contributed by atoms with Crippen molar-refractivity contribution in [1.82, 2.24) is 0 Å². The van der Waals surface area contributed by atoms with Crippen LogP contribution in [0.4, 0.5) is 5.69 Å². The summed E-state index contributed by atoms with van der Waals surface area (Å²) in [5.41, 5.74) is 1.94. The number of rotatable bonds is 5. The fraction of sp³-hybridized carbons (Fsp3) is 0.